The summed E-state index contributed by atoms with van der Waals surface area (Å²) in [7, 11) is -4.59. The van der Waals surface area contributed by atoms with Crippen molar-refractivity contribution in [1.29, 1.82) is 0 Å². The second kappa shape index (κ2) is 15.7. The normalized spacial score (nSPS) is 13.0. The Morgan fingerprint density at radius 1 is 0.875 bits per heavy atom. The number of rotatable bonds is 13. The molecular formula is C36H37ClF3N3O4S. The number of carbonyl (C=O) groups excluding carboxylic acids is 2. The van der Waals surface area contributed by atoms with Crippen molar-refractivity contribution >= 4 is 39.1 Å². The van der Waals surface area contributed by atoms with Gasteiger partial charge in [0.1, 0.15) is 12.6 Å². The SMILES string of the molecule is CCC(C)NC(=O)C(Cc1ccccc1)N(Cc1cccc(C)c1)C(=O)CN(c1ccc(Cl)c(C(F)(F)F)c1)S(=O)(=O)c1ccccc1. The van der Waals surface area contributed by atoms with Crippen molar-refractivity contribution in [1.82, 2.24) is 10.2 Å². The fraction of sp³-hybridized carbons (Fsp3) is 0.278. The highest BCUT2D eigenvalue weighted by Crippen LogP contribution is 2.38. The van der Waals surface area contributed by atoms with Crippen LogP contribution in [-0.2, 0) is 38.8 Å². The smallest absolute Gasteiger partial charge is 0.352 e. The minimum absolute atomic E-state index is 0.0699. The summed E-state index contributed by atoms with van der Waals surface area (Å²) in [5.41, 5.74) is 0.667. The van der Waals surface area contributed by atoms with Crippen LogP contribution in [-0.4, -0.2) is 43.8 Å². The molecule has 0 heterocycles. The average molecular weight is 700 g/mol. The molecule has 4 aromatic carbocycles. The molecule has 0 spiro atoms. The number of halogens is 4. The van der Waals surface area contributed by atoms with Crippen LogP contribution >= 0.6 is 11.6 Å². The summed E-state index contributed by atoms with van der Waals surface area (Å²) < 4.78 is 70.6. The molecule has 0 aliphatic rings. The van der Waals surface area contributed by atoms with Crippen molar-refractivity contribution in [3.05, 3.63) is 130 Å². The summed E-state index contributed by atoms with van der Waals surface area (Å²) in [6.07, 6.45) is -4.17. The van der Waals surface area contributed by atoms with Gasteiger partial charge in [-0.3, -0.25) is 13.9 Å². The van der Waals surface area contributed by atoms with E-state index in [9.17, 15) is 31.2 Å². The maximum absolute atomic E-state index is 14.5. The molecule has 0 aliphatic carbocycles. The Labute approximate surface area is 284 Å². The van der Waals surface area contributed by atoms with Crippen LogP contribution in [0.2, 0.25) is 5.02 Å². The monoisotopic (exact) mass is 699 g/mol. The van der Waals surface area contributed by atoms with Gasteiger partial charge in [-0.2, -0.15) is 13.2 Å². The summed E-state index contributed by atoms with van der Waals surface area (Å²) in [5.74, 6) is -1.24. The molecule has 7 nitrogen and oxygen atoms in total. The first-order valence-electron chi connectivity index (χ1n) is 15.3. The Hall–Kier alpha value is -4.35. The lowest BCUT2D eigenvalue weighted by atomic mass is 10.0. The van der Waals surface area contributed by atoms with E-state index >= 15 is 0 Å². The van der Waals surface area contributed by atoms with E-state index in [0.717, 1.165) is 23.3 Å². The number of nitrogens with zero attached hydrogens (tertiary/aromatic N) is 2. The van der Waals surface area contributed by atoms with Crippen molar-refractivity contribution < 1.29 is 31.2 Å². The number of hydrogen-bond donors (Lipinski definition) is 1. The molecule has 0 fully saturated rings. The van der Waals surface area contributed by atoms with Gasteiger partial charge in [-0.1, -0.05) is 96.9 Å². The van der Waals surface area contributed by atoms with Gasteiger partial charge in [-0.05, 0) is 61.7 Å². The molecule has 2 amide bonds. The molecular weight excluding hydrogens is 663 g/mol. The lowest BCUT2D eigenvalue weighted by Gasteiger charge is -2.34. The van der Waals surface area contributed by atoms with Crippen LogP contribution < -0.4 is 9.62 Å². The highest BCUT2D eigenvalue weighted by Gasteiger charge is 2.37. The standard InChI is InChI=1S/C36H37ClF3N3O4S/c1-4-26(3)41-35(45)33(21-27-13-7-5-8-14-27)42(23-28-15-11-12-25(2)20-28)34(44)24-43(48(46,47)30-16-9-6-10-17-30)29-18-19-32(37)31(22-29)36(38,39)40/h5-20,22,26,33H,4,21,23-24H2,1-3H3,(H,41,45). The van der Waals surface area contributed by atoms with E-state index in [1.54, 1.807) is 30.3 Å². The van der Waals surface area contributed by atoms with Gasteiger partial charge in [0.2, 0.25) is 11.8 Å². The number of amides is 2. The van der Waals surface area contributed by atoms with E-state index < -0.39 is 56.9 Å². The number of sulfonamides is 1. The van der Waals surface area contributed by atoms with E-state index in [2.05, 4.69) is 5.32 Å². The van der Waals surface area contributed by atoms with Crippen LogP contribution in [0.4, 0.5) is 18.9 Å². The lowest BCUT2D eigenvalue weighted by Crippen LogP contribution is -2.54. The first-order chi connectivity index (χ1) is 22.7. The van der Waals surface area contributed by atoms with Gasteiger partial charge >= 0.3 is 6.18 Å². The summed E-state index contributed by atoms with van der Waals surface area (Å²) in [6.45, 7) is 4.64. The zero-order valence-corrected chi connectivity index (χ0v) is 28.3. The Bertz CT molecular complexity index is 1820. The largest absolute Gasteiger partial charge is 0.417 e. The molecule has 4 aromatic rings. The van der Waals surface area contributed by atoms with Gasteiger partial charge in [0.05, 0.1) is 21.2 Å². The first-order valence-corrected chi connectivity index (χ1v) is 17.2. The predicted octanol–water partition coefficient (Wildman–Crippen LogP) is 7.42. The van der Waals surface area contributed by atoms with Gasteiger partial charge in [-0.15, -0.1) is 0 Å². The van der Waals surface area contributed by atoms with Crippen LogP contribution in [0.5, 0.6) is 0 Å². The summed E-state index contributed by atoms with van der Waals surface area (Å²) >= 11 is 5.88. The lowest BCUT2D eigenvalue weighted by molar-refractivity contribution is -0.140. The summed E-state index contributed by atoms with van der Waals surface area (Å²) in [5, 5.41) is 2.32. The van der Waals surface area contributed by atoms with Crippen LogP contribution in [0.1, 0.15) is 42.5 Å². The third-order valence-electron chi connectivity index (χ3n) is 7.86. The Balaban J connectivity index is 1.86. The molecule has 0 aliphatic heterocycles. The van der Waals surface area contributed by atoms with Gasteiger partial charge in [0.15, 0.2) is 0 Å². The maximum atomic E-state index is 14.5. The minimum atomic E-state index is -4.90. The quantitative estimate of drug-likeness (QED) is 0.157. The molecule has 0 saturated carbocycles. The Morgan fingerprint density at radius 2 is 1.50 bits per heavy atom. The van der Waals surface area contributed by atoms with Crippen molar-refractivity contribution in [2.24, 2.45) is 0 Å². The second-order valence-electron chi connectivity index (χ2n) is 11.5. The number of hydrogen-bond acceptors (Lipinski definition) is 4. The molecule has 0 radical (unpaired) electrons. The maximum Gasteiger partial charge on any atom is 0.417 e. The molecule has 0 saturated heterocycles. The molecule has 2 atom stereocenters. The predicted molar refractivity (Wildman–Crippen MR) is 181 cm³/mol. The summed E-state index contributed by atoms with van der Waals surface area (Å²) in [6, 6.07) is 24.8. The van der Waals surface area contributed by atoms with E-state index in [1.807, 2.05) is 51.1 Å². The van der Waals surface area contributed by atoms with Crippen molar-refractivity contribution in [3.63, 3.8) is 0 Å². The highest BCUT2D eigenvalue weighted by atomic mass is 35.5. The number of anilines is 1. The van der Waals surface area contributed by atoms with Crippen LogP contribution in [0.3, 0.4) is 0 Å². The number of carbonyl (C=O) groups is 2. The van der Waals surface area contributed by atoms with Crippen LogP contribution in [0.15, 0.2) is 108 Å². The summed E-state index contributed by atoms with van der Waals surface area (Å²) in [4.78, 5) is 29.5. The molecule has 0 bridgehead atoms. The van der Waals surface area contributed by atoms with Crippen molar-refractivity contribution in [2.75, 3.05) is 10.8 Å². The van der Waals surface area contributed by atoms with E-state index in [1.165, 1.54) is 29.2 Å². The molecule has 12 heteroatoms. The van der Waals surface area contributed by atoms with Crippen LogP contribution in [0, 0.1) is 6.92 Å². The minimum Gasteiger partial charge on any atom is -0.352 e. The number of alkyl halides is 3. The van der Waals surface area contributed by atoms with Crippen LogP contribution in [0.25, 0.3) is 0 Å². The molecule has 48 heavy (non-hydrogen) atoms. The van der Waals surface area contributed by atoms with Crippen molar-refractivity contribution in [3.8, 4) is 0 Å². The third kappa shape index (κ3) is 9.17. The Morgan fingerprint density at radius 3 is 2.10 bits per heavy atom. The second-order valence-corrected chi connectivity index (χ2v) is 13.8. The zero-order valence-electron chi connectivity index (χ0n) is 26.7. The fourth-order valence-corrected chi connectivity index (χ4v) is 6.79. The average Bonchev–Trinajstić information content (AvgIpc) is 3.05. The zero-order chi connectivity index (χ0) is 35.1. The third-order valence-corrected chi connectivity index (χ3v) is 9.98. The molecule has 4 rings (SSSR count). The highest BCUT2D eigenvalue weighted by molar-refractivity contribution is 7.92. The number of aryl methyl sites for hydroxylation is 1. The van der Waals surface area contributed by atoms with Gasteiger partial charge in [0, 0.05) is 19.0 Å². The molecule has 254 valence electrons. The van der Waals surface area contributed by atoms with Crippen molar-refractivity contribution in [2.45, 2.75) is 63.3 Å². The molecule has 0 aromatic heterocycles. The number of benzene rings is 4. The molecule has 1 N–H and O–H groups in total. The van der Waals surface area contributed by atoms with Gasteiger partial charge in [0.25, 0.3) is 10.0 Å². The van der Waals surface area contributed by atoms with Gasteiger partial charge < -0.3 is 10.2 Å². The number of nitrogens with one attached hydrogen (secondary N) is 1. The van der Waals surface area contributed by atoms with E-state index in [0.29, 0.717) is 22.4 Å². The first kappa shape index (κ1) is 36.5. The van der Waals surface area contributed by atoms with Gasteiger partial charge in [-0.25, -0.2) is 8.42 Å². The van der Waals surface area contributed by atoms with E-state index in [-0.39, 0.29) is 23.9 Å². The Kier molecular flexibility index (Phi) is 11.9. The molecule has 2 unspecified atom stereocenters. The topological polar surface area (TPSA) is 86.8 Å². The fourth-order valence-electron chi connectivity index (χ4n) is 5.14. The van der Waals surface area contributed by atoms with E-state index in [4.69, 9.17) is 11.6 Å².